The Hall–Kier alpha value is -1.09. The van der Waals surface area contributed by atoms with Gasteiger partial charge in [-0.15, -0.1) is 0 Å². The molecule has 0 saturated carbocycles. The number of aromatic nitrogens is 1. The summed E-state index contributed by atoms with van der Waals surface area (Å²) in [7, 11) is 4.02. The standard InChI is InChI=1S/C11H17N3/c1-14(2)11-6-5-9(8-13-11)10-4-3-7-12-10/h5-6,8,10,12H,3-4,7H2,1-2H3/t10-/m1/s1. The van der Waals surface area contributed by atoms with Crippen LogP contribution in [-0.4, -0.2) is 25.6 Å². The molecule has 0 amide bonds. The number of hydrogen-bond acceptors (Lipinski definition) is 3. The molecule has 1 aliphatic heterocycles. The summed E-state index contributed by atoms with van der Waals surface area (Å²) in [6, 6.07) is 4.78. The van der Waals surface area contributed by atoms with Gasteiger partial charge in [0.1, 0.15) is 5.82 Å². The third kappa shape index (κ3) is 1.87. The van der Waals surface area contributed by atoms with E-state index in [-0.39, 0.29) is 0 Å². The Labute approximate surface area is 85.1 Å². The van der Waals surface area contributed by atoms with E-state index < -0.39 is 0 Å². The van der Waals surface area contributed by atoms with Gasteiger partial charge in [0.05, 0.1) is 0 Å². The summed E-state index contributed by atoms with van der Waals surface area (Å²) < 4.78 is 0. The fraction of sp³-hybridized carbons (Fsp3) is 0.545. The van der Waals surface area contributed by atoms with E-state index in [1.807, 2.05) is 25.2 Å². The first-order valence-electron chi connectivity index (χ1n) is 5.14. The molecule has 1 saturated heterocycles. The minimum atomic E-state index is 0.527. The van der Waals surface area contributed by atoms with E-state index in [1.165, 1.54) is 18.4 Å². The molecule has 1 aromatic heterocycles. The van der Waals surface area contributed by atoms with Crippen LogP contribution in [0.1, 0.15) is 24.4 Å². The van der Waals surface area contributed by atoms with Crippen molar-refractivity contribution >= 4 is 5.82 Å². The van der Waals surface area contributed by atoms with Crippen molar-refractivity contribution in [3.05, 3.63) is 23.9 Å². The first kappa shape index (κ1) is 9.46. The molecule has 0 bridgehead atoms. The van der Waals surface area contributed by atoms with E-state index in [9.17, 15) is 0 Å². The highest BCUT2D eigenvalue weighted by Gasteiger charge is 2.15. The van der Waals surface area contributed by atoms with Crippen LogP contribution in [0, 0.1) is 0 Å². The zero-order chi connectivity index (χ0) is 9.97. The van der Waals surface area contributed by atoms with Gasteiger partial charge in [-0.1, -0.05) is 6.07 Å². The van der Waals surface area contributed by atoms with Crippen LogP contribution >= 0.6 is 0 Å². The maximum Gasteiger partial charge on any atom is 0.127 e. The zero-order valence-corrected chi connectivity index (χ0v) is 8.83. The zero-order valence-electron chi connectivity index (χ0n) is 8.83. The van der Waals surface area contributed by atoms with Crippen LogP contribution in [0.15, 0.2) is 18.3 Å². The quantitative estimate of drug-likeness (QED) is 0.769. The second kappa shape index (κ2) is 3.96. The smallest absolute Gasteiger partial charge is 0.127 e. The Morgan fingerprint density at radius 2 is 2.29 bits per heavy atom. The van der Waals surface area contributed by atoms with Crippen molar-refractivity contribution in [3.8, 4) is 0 Å². The number of pyridine rings is 1. The first-order valence-corrected chi connectivity index (χ1v) is 5.14. The minimum absolute atomic E-state index is 0.527. The van der Waals surface area contributed by atoms with Crippen LogP contribution in [0.2, 0.25) is 0 Å². The Kier molecular flexibility index (Phi) is 2.68. The van der Waals surface area contributed by atoms with Gasteiger partial charge in [-0.05, 0) is 31.0 Å². The highest BCUT2D eigenvalue weighted by atomic mass is 15.1. The summed E-state index contributed by atoms with van der Waals surface area (Å²) in [6.45, 7) is 1.14. The van der Waals surface area contributed by atoms with Gasteiger partial charge in [-0.3, -0.25) is 0 Å². The van der Waals surface area contributed by atoms with Crippen LogP contribution in [0.25, 0.3) is 0 Å². The van der Waals surface area contributed by atoms with Crippen molar-refractivity contribution in [2.24, 2.45) is 0 Å². The van der Waals surface area contributed by atoms with E-state index in [2.05, 4.69) is 22.4 Å². The van der Waals surface area contributed by atoms with Crippen LogP contribution in [0.3, 0.4) is 0 Å². The predicted octanol–water partition coefficient (Wildman–Crippen LogP) is 1.57. The maximum atomic E-state index is 4.41. The van der Waals surface area contributed by atoms with E-state index in [1.54, 1.807) is 0 Å². The van der Waals surface area contributed by atoms with Gasteiger partial charge < -0.3 is 10.2 Å². The Bertz CT molecular complexity index is 286. The number of rotatable bonds is 2. The molecule has 0 radical (unpaired) electrons. The molecule has 1 N–H and O–H groups in total. The first-order chi connectivity index (χ1) is 6.77. The fourth-order valence-electron chi connectivity index (χ4n) is 1.84. The lowest BCUT2D eigenvalue weighted by Gasteiger charge is -2.14. The van der Waals surface area contributed by atoms with Gasteiger partial charge in [0, 0.05) is 26.3 Å². The molecule has 3 heteroatoms. The molecule has 1 aliphatic rings. The highest BCUT2D eigenvalue weighted by Crippen LogP contribution is 2.23. The second-order valence-electron chi connectivity index (χ2n) is 3.99. The summed E-state index contributed by atoms with van der Waals surface area (Å²) in [6.07, 6.45) is 4.50. The molecule has 0 spiro atoms. The van der Waals surface area contributed by atoms with Crippen molar-refractivity contribution in [2.75, 3.05) is 25.5 Å². The van der Waals surface area contributed by atoms with Crippen molar-refractivity contribution < 1.29 is 0 Å². The molecule has 0 aromatic carbocycles. The summed E-state index contributed by atoms with van der Waals surface area (Å²) >= 11 is 0. The number of hydrogen-bond donors (Lipinski definition) is 1. The van der Waals surface area contributed by atoms with Gasteiger partial charge in [0.25, 0.3) is 0 Å². The molecule has 0 aliphatic carbocycles. The molecule has 0 unspecified atom stereocenters. The minimum Gasteiger partial charge on any atom is -0.363 e. The van der Waals surface area contributed by atoms with Crippen molar-refractivity contribution in [1.82, 2.24) is 10.3 Å². The van der Waals surface area contributed by atoms with Crippen LogP contribution in [-0.2, 0) is 0 Å². The molecule has 2 rings (SSSR count). The highest BCUT2D eigenvalue weighted by molar-refractivity contribution is 5.37. The van der Waals surface area contributed by atoms with Gasteiger partial charge in [-0.25, -0.2) is 4.98 Å². The summed E-state index contributed by atoms with van der Waals surface area (Å²) in [5, 5.41) is 3.47. The summed E-state index contributed by atoms with van der Waals surface area (Å²) in [5.74, 6) is 1.02. The third-order valence-corrected chi connectivity index (χ3v) is 2.69. The van der Waals surface area contributed by atoms with Crippen molar-refractivity contribution in [1.29, 1.82) is 0 Å². The Morgan fingerprint density at radius 3 is 2.79 bits per heavy atom. The third-order valence-electron chi connectivity index (χ3n) is 2.69. The SMILES string of the molecule is CN(C)c1ccc([C@H]2CCCN2)cn1. The summed E-state index contributed by atoms with van der Waals surface area (Å²) in [4.78, 5) is 6.43. The van der Waals surface area contributed by atoms with Crippen molar-refractivity contribution in [2.45, 2.75) is 18.9 Å². The van der Waals surface area contributed by atoms with E-state index >= 15 is 0 Å². The molecular weight excluding hydrogens is 174 g/mol. The second-order valence-corrected chi connectivity index (χ2v) is 3.99. The Balaban J connectivity index is 2.12. The monoisotopic (exact) mass is 191 g/mol. The molecule has 2 heterocycles. The van der Waals surface area contributed by atoms with E-state index in [0.29, 0.717) is 6.04 Å². The number of nitrogens with zero attached hydrogens (tertiary/aromatic N) is 2. The molecule has 14 heavy (non-hydrogen) atoms. The number of anilines is 1. The lowest BCUT2D eigenvalue weighted by atomic mass is 10.1. The van der Waals surface area contributed by atoms with Crippen LogP contribution < -0.4 is 10.2 Å². The lowest BCUT2D eigenvalue weighted by Crippen LogP contribution is -2.14. The average Bonchev–Trinajstić information content (AvgIpc) is 2.71. The average molecular weight is 191 g/mol. The predicted molar refractivity (Wildman–Crippen MR) is 58.5 cm³/mol. The van der Waals surface area contributed by atoms with E-state index in [4.69, 9.17) is 0 Å². The molecular formula is C11H17N3. The van der Waals surface area contributed by atoms with Gasteiger partial charge in [0.15, 0.2) is 0 Å². The van der Waals surface area contributed by atoms with Gasteiger partial charge in [-0.2, -0.15) is 0 Å². The topological polar surface area (TPSA) is 28.2 Å². The fourth-order valence-corrected chi connectivity index (χ4v) is 1.84. The van der Waals surface area contributed by atoms with Crippen molar-refractivity contribution in [3.63, 3.8) is 0 Å². The Morgan fingerprint density at radius 1 is 1.43 bits per heavy atom. The molecule has 1 fully saturated rings. The number of nitrogens with one attached hydrogen (secondary N) is 1. The van der Waals surface area contributed by atoms with Crippen LogP contribution in [0.4, 0.5) is 5.82 Å². The molecule has 3 nitrogen and oxygen atoms in total. The molecule has 76 valence electrons. The molecule has 1 aromatic rings. The normalized spacial score (nSPS) is 21.1. The van der Waals surface area contributed by atoms with E-state index in [0.717, 1.165) is 12.4 Å². The molecule has 1 atom stereocenters. The van der Waals surface area contributed by atoms with Gasteiger partial charge in [0.2, 0.25) is 0 Å². The van der Waals surface area contributed by atoms with Crippen LogP contribution in [0.5, 0.6) is 0 Å². The van der Waals surface area contributed by atoms with Gasteiger partial charge >= 0.3 is 0 Å². The largest absolute Gasteiger partial charge is 0.363 e. The maximum absolute atomic E-state index is 4.41. The lowest BCUT2D eigenvalue weighted by molar-refractivity contribution is 0.645. The summed E-state index contributed by atoms with van der Waals surface area (Å²) in [5.41, 5.74) is 1.31.